The third-order valence-corrected chi connectivity index (χ3v) is 5.11. The monoisotopic (exact) mass is 525 g/mol. The Kier molecular flexibility index (Phi) is 10.4. The first kappa shape index (κ1) is 22.8. The van der Waals surface area contributed by atoms with Crippen LogP contribution in [0.4, 0.5) is 0 Å². The summed E-state index contributed by atoms with van der Waals surface area (Å²) in [5.41, 5.74) is 1.26. The highest BCUT2D eigenvalue weighted by Gasteiger charge is 2.15. The second kappa shape index (κ2) is 11.4. The SMILES string of the molecule is CN=C(NCC(C)CN1CCCCC1)N(C)Cc1cc(Br)cn1C.I. The first-order chi connectivity index (χ1) is 11.5. The third kappa shape index (κ3) is 7.46. The lowest BCUT2D eigenvalue weighted by Crippen LogP contribution is -2.43. The number of guanidine groups is 1. The number of hydrogen-bond donors (Lipinski definition) is 1. The number of aromatic nitrogens is 1. The predicted molar refractivity (Wildman–Crippen MR) is 121 cm³/mol. The standard InChI is InChI=1S/C18H32BrN5.HI/c1-15(12-24-8-6-5-7-9-24)11-21-18(20-2)23(4)14-17-10-16(19)13-22(17)3;/h10,13,15H,5-9,11-12,14H2,1-4H3,(H,20,21);1H. The summed E-state index contributed by atoms with van der Waals surface area (Å²) in [5, 5.41) is 3.53. The van der Waals surface area contributed by atoms with E-state index in [0.29, 0.717) is 5.92 Å². The van der Waals surface area contributed by atoms with Crippen molar-refractivity contribution in [3.8, 4) is 0 Å². The van der Waals surface area contributed by atoms with Gasteiger partial charge in [0.05, 0.1) is 6.54 Å². The van der Waals surface area contributed by atoms with Gasteiger partial charge in [0.2, 0.25) is 0 Å². The Morgan fingerprint density at radius 3 is 2.60 bits per heavy atom. The molecule has 2 rings (SSSR count). The van der Waals surface area contributed by atoms with Gasteiger partial charge in [-0.2, -0.15) is 0 Å². The summed E-state index contributed by atoms with van der Waals surface area (Å²) < 4.78 is 3.26. The number of nitrogens with zero attached hydrogens (tertiary/aromatic N) is 4. The van der Waals surface area contributed by atoms with Crippen LogP contribution in [0.25, 0.3) is 0 Å². The molecule has 1 saturated heterocycles. The fourth-order valence-electron chi connectivity index (χ4n) is 3.34. The zero-order valence-electron chi connectivity index (χ0n) is 16.0. The molecule has 0 spiro atoms. The van der Waals surface area contributed by atoms with Gasteiger partial charge in [0, 0.05) is 50.6 Å². The summed E-state index contributed by atoms with van der Waals surface area (Å²) in [5.74, 6) is 1.58. The third-order valence-electron chi connectivity index (χ3n) is 4.67. The van der Waals surface area contributed by atoms with E-state index in [1.165, 1.54) is 44.6 Å². The van der Waals surface area contributed by atoms with Crippen molar-refractivity contribution in [1.82, 2.24) is 19.7 Å². The van der Waals surface area contributed by atoms with Gasteiger partial charge in [0.15, 0.2) is 5.96 Å². The number of hydrogen-bond acceptors (Lipinski definition) is 2. The van der Waals surface area contributed by atoms with Crippen molar-refractivity contribution < 1.29 is 0 Å². The molecule has 0 radical (unpaired) electrons. The summed E-state index contributed by atoms with van der Waals surface area (Å²) in [6, 6.07) is 2.16. The van der Waals surface area contributed by atoms with Gasteiger partial charge in [0.1, 0.15) is 0 Å². The van der Waals surface area contributed by atoms with Gasteiger partial charge in [-0.1, -0.05) is 13.3 Å². The van der Waals surface area contributed by atoms with E-state index in [-0.39, 0.29) is 24.0 Å². The Morgan fingerprint density at radius 1 is 1.36 bits per heavy atom. The average Bonchev–Trinajstić information content (AvgIpc) is 2.86. The van der Waals surface area contributed by atoms with E-state index in [1.807, 2.05) is 7.05 Å². The van der Waals surface area contributed by atoms with Crippen LogP contribution in [-0.2, 0) is 13.6 Å². The number of rotatable bonds is 6. The van der Waals surface area contributed by atoms with Crippen molar-refractivity contribution in [3.05, 3.63) is 22.4 Å². The van der Waals surface area contributed by atoms with Crippen LogP contribution >= 0.6 is 39.9 Å². The van der Waals surface area contributed by atoms with Gasteiger partial charge in [-0.15, -0.1) is 24.0 Å². The molecule has 144 valence electrons. The zero-order chi connectivity index (χ0) is 17.5. The number of likely N-dealkylation sites (tertiary alicyclic amines) is 1. The smallest absolute Gasteiger partial charge is 0.193 e. The molecule has 7 heteroatoms. The molecule has 0 saturated carbocycles. The zero-order valence-corrected chi connectivity index (χ0v) is 19.9. The Bertz CT molecular complexity index is 540. The molecule has 1 aromatic rings. The molecular formula is C18H33BrIN5. The maximum absolute atomic E-state index is 4.44. The van der Waals surface area contributed by atoms with Crippen LogP contribution < -0.4 is 5.32 Å². The van der Waals surface area contributed by atoms with E-state index in [2.05, 4.69) is 73.9 Å². The van der Waals surface area contributed by atoms with Gasteiger partial charge in [-0.25, -0.2) is 0 Å². The molecule has 0 aliphatic carbocycles. The summed E-state index contributed by atoms with van der Waals surface area (Å²) >= 11 is 3.53. The minimum Gasteiger partial charge on any atom is -0.356 e. The van der Waals surface area contributed by atoms with Crippen molar-refractivity contribution in [2.24, 2.45) is 18.0 Å². The summed E-state index contributed by atoms with van der Waals surface area (Å²) in [7, 11) is 6.02. The van der Waals surface area contributed by atoms with Gasteiger partial charge in [0.25, 0.3) is 0 Å². The Balaban J connectivity index is 0.00000312. The van der Waals surface area contributed by atoms with Crippen molar-refractivity contribution in [2.45, 2.75) is 32.7 Å². The molecule has 1 atom stereocenters. The van der Waals surface area contributed by atoms with E-state index in [4.69, 9.17) is 0 Å². The van der Waals surface area contributed by atoms with Crippen molar-refractivity contribution in [2.75, 3.05) is 40.3 Å². The largest absolute Gasteiger partial charge is 0.356 e. The molecule has 5 nitrogen and oxygen atoms in total. The van der Waals surface area contributed by atoms with Crippen molar-refractivity contribution in [3.63, 3.8) is 0 Å². The average molecular weight is 526 g/mol. The van der Waals surface area contributed by atoms with Gasteiger partial charge < -0.3 is 19.7 Å². The summed E-state index contributed by atoms with van der Waals surface area (Å²) in [4.78, 5) is 9.21. The highest BCUT2D eigenvalue weighted by molar-refractivity contribution is 14.0. The molecule has 1 aliphatic rings. The molecule has 0 bridgehead atoms. The summed E-state index contributed by atoms with van der Waals surface area (Å²) in [6.07, 6.45) is 6.20. The van der Waals surface area contributed by atoms with Crippen LogP contribution in [0.3, 0.4) is 0 Å². The minimum absolute atomic E-state index is 0. The molecule has 0 aromatic carbocycles. The van der Waals surface area contributed by atoms with Gasteiger partial charge in [-0.3, -0.25) is 4.99 Å². The maximum atomic E-state index is 4.44. The van der Waals surface area contributed by atoms with E-state index in [9.17, 15) is 0 Å². The quantitative estimate of drug-likeness (QED) is 0.350. The Morgan fingerprint density at radius 2 is 2.04 bits per heavy atom. The Hall–Kier alpha value is -0.280. The molecule has 1 aliphatic heterocycles. The van der Waals surface area contributed by atoms with E-state index in [0.717, 1.165) is 23.5 Å². The lowest BCUT2D eigenvalue weighted by atomic mass is 10.1. The Labute approximate surface area is 178 Å². The topological polar surface area (TPSA) is 35.8 Å². The normalized spacial score (nSPS) is 17.1. The van der Waals surface area contributed by atoms with Crippen molar-refractivity contribution in [1.29, 1.82) is 0 Å². The number of aryl methyl sites for hydroxylation is 1. The van der Waals surface area contributed by atoms with Crippen LogP contribution in [-0.4, -0.2) is 60.6 Å². The molecule has 1 unspecified atom stereocenters. The number of aliphatic imine (C=N–C) groups is 1. The van der Waals surface area contributed by atoms with Crippen molar-refractivity contribution >= 4 is 45.9 Å². The van der Waals surface area contributed by atoms with E-state index in [1.54, 1.807) is 0 Å². The predicted octanol–water partition coefficient (Wildman–Crippen LogP) is 3.53. The van der Waals surface area contributed by atoms with Gasteiger partial charge in [-0.05, 0) is 53.8 Å². The second-order valence-electron chi connectivity index (χ2n) is 7.01. The van der Waals surface area contributed by atoms with Crippen LogP contribution in [0, 0.1) is 5.92 Å². The highest BCUT2D eigenvalue weighted by Crippen LogP contribution is 2.15. The number of halogens is 2. The molecule has 1 aromatic heterocycles. The highest BCUT2D eigenvalue weighted by atomic mass is 127. The number of piperidine rings is 1. The fourth-order valence-corrected chi connectivity index (χ4v) is 3.91. The van der Waals surface area contributed by atoms with Crippen LogP contribution in [0.1, 0.15) is 31.9 Å². The maximum Gasteiger partial charge on any atom is 0.193 e. The van der Waals surface area contributed by atoms with E-state index >= 15 is 0 Å². The molecular weight excluding hydrogens is 493 g/mol. The van der Waals surface area contributed by atoms with Crippen LogP contribution in [0.5, 0.6) is 0 Å². The second-order valence-corrected chi connectivity index (χ2v) is 7.93. The van der Waals surface area contributed by atoms with E-state index < -0.39 is 0 Å². The molecule has 0 amide bonds. The molecule has 1 N–H and O–H groups in total. The van der Waals surface area contributed by atoms with Gasteiger partial charge >= 0.3 is 0 Å². The lowest BCUT2D eigenvalue weighted by molar-refractivity contribution is 0.200. The fraction of sp³-hybridized carbons (Fsp3) is 0.722. The molecule has 2 heterocycles. The first-order valence-corrected chi connectivity index (χ1v) is 9.73. The minimum atomic E-state index is 0. The molecule has 1 fully saturated rings. The lowest BCUT2D eigenvalue weighted by Gasteiger charge is -2.30. The van der Waals surface area contributed by atoms with Crippen LogP contribution in [0.2, 0.25) is 0 Å². The first-order valence-electron chi connectivity index (χ1n) is 8.94. The number of nitrogens with one attached hydrogen (secondary N) is 1. The van der Waals surface area contributed by atoms with Crippen LogP contribution in [0.15, 0.2) is 21.7 Å². The molecule has 25 heavy (non-hydrogen) atoms. The summed E-state index contributed by atoms with van der Waals surface area (Å²) in [6.45, 7) is 7.83.